The fraction of sp³-hybridized carbons (Fsp3) is 0.333. The lowest BCUT2D eigenvalue weighted by Crippen LogP contribution is -2.36. The molecule has 0 fully saturated rings. The van der Waals surface area contributed by atoms with Gasteiger partial charge in [0.25, 0.3) is 0 Å². The summed E-state index contributed by atoms with van der Waals surface area (Å²) in [5.41, 5.74) is 4.16. The van der Waals surface area contributed by atoms with Crippen LogP contribution < -0.4 is 15.4 Å². The molecule has 26 heavy (non-hydrogen) atoms. The number of carbonyl (C=O) groups is 2. The molecule has 2 aromatic rings. The average Bonchev–Trinajstić information content (AvgIpc) is 3.10. The molecule has 1 unspecified atom stereocenters. The summed E-state index contributed by atoms with van der Waals surface area (Å²) < 4.78 is 5.41. The van der Waals surface area contributed by atoms with Gasteiger partial charge >= 0.3 is 11.8 Å². The molecule has 136 valence electrons. The molecule has 2 amide bonds. The van der Waals surface area contributed by atoms with E-state index in [2.05, 4.69) is 10.6 Å². The Morgan fingerprint density at radius 1 is 1.04 bits per heavy atom. The van der Waals surface area contributed by atoms with Gasteiger partial charge in [-0.2, -0.15) is 0 Å². The van der Waals surface area contributed by atoms with Gasteiger partial charge in [0.1, 0.15) is 5.75 Å². The average molecular weight is 352 g/mol. The zero-order valence-corrected chi connectivity index (χ0v) is 15.2. The third-order valence-corrected chi connectivity index (χ3v) is 4.60. The highest BCUT2D eigenvalue weighted by atomic mass is 16.5. The van der Waals surface area contributed by atoms with E-state index in [-0.39, 0.29) is 6.04 Å². The maximum absolute atomic E-state index is 12.2. The maximum atomic E-state index is 12.2. The van der Waals surface area contributed by atoms with Crippen LogP contribution in [0, 0.1) is 0 Å². The molecule has 1 atom stereocenters. The molecule has 2 aromatic carbocycles. The minimum Gasteiger partial charge on any atom is -0.494 e. The van der Waals surface area contributed by atoms with Crippen molar-refractivity contribution in [2.75, 3.05) is 11.9 Å². The lowest BCUT2D eigenvalue weighted by atomic mass is 10.1. The number of hydrogen-bond donors (Lipinski definition) is 2. The number of benzene rings is 2. The van der Waals surface area contributed by atoms with Crippen LogP contribution >= 0.6 is 0 Å². The van der Waals surface area contributed by atoms with Gasteiger partial charge in [0.05, 0.1) is 12.6 Å². The molecular weight excluding hydrogens is 328 g/mol. The van der Waals surface area contributed by atoms with Crippen molar-refractivity contribution in [1.82, 2.24) is 5.32 Å². The molecule has 5 nitrogen and oxygen atoms in total. The van der Waals surface area contributed by atoms with Crippen molar-refractivity contribution in [2.45, 2.75) is 39.2 Å². The summed E-state index contributed by atoms with van der Waals surface area (Å²) >= 11 is 0. The molecule has 1 aliphatic rings. The minimum absolute atomic E-state index is 0.274. The van der Waals surface area contributed by atoms with Crippen LogP contribution in [-0.4, -0.2) is 18.4 Å². The van der Waals surface area contributed by atoms with E-state index < -0.39 is 11.8 Å². The molecule has 2 N–H and O–H groups in total. The van der Waals surface area contributed by atoms with Gasteiger partial charge in [-0.3, -0.25) is 9.59 Å². The molecule has 0 heterocycles. The zero-order valence-electron chi connectivity index (χ0n) is 15.2. The Bertz CT molecular complexity index is 799. The summed E-state index contributed by atoms with van der Waals surface area (Å²) in [5, 5.41) is 5.41. The summed E-state index contributed by atoms with van der Waals surface area (Å²) in [6, 6.07) is 13.0. The van der Waals surface area contributed by atoms with Crippen LogP contribution in [0.4, 0.5) is 5.69 Å². The van der Waals surface area contributed by atoms with Gasteiger partial charge in [0.2, 0.25) is 0 Å². The highest BCUT2D eigenvalue weighted by molar-refractivity contribution is 6.39. The quantitative estimate of drug-likeness (QED) is 0.811. The third-order valence-electron chi connectivity index (χ3n) is 4.60. The second kappa shape index (κ2) is 8.04. The number of ether oxygens (including phenoxy) is 1. The molecule has 0 aliphatic heterocycles. The Balaban J connectivity index is 1.57. The van der Waals surface area contributed by atoms with E-state index in [9.17, 15) is 9.59 Å². The standard InChI is InChI=1S/C21H24N2O3/c1-3-26-19-11-8-15(9-12-19)14(2)22-20(24)21(25)23-18-10-7-16-5-4-6-17(16)13-18/h7-14H,3-6H2,1-2H3,(H,22,24)(H,23,25). The molecule has 0 saturated heterocycles. The smallest absolute Gasteiger partial charge is 0.313 e. The fourth-order valence-corrected chi connectivity index (χ4v) is 3.20. The Hall–Kier alpha value is -2.82. The van der Waals surface area contributed by atoms with E-state index in [1.54, 1.807) is 0 Å². The van der Waals surface area contributed by atoms with Crippen LogP contribution in [0.2, 0.25) is 0 Å². The zero-order chi connectivity index (χ0) is 18.5. The molecule has 0 saturated carbocycles. The summed E-state index contributed by atoms with van der Waals surface area (Å²) in [7, 11) is 0. The Morgan fingerprint density at radius 2 is 1.77 bits per heavy atom. The van der Waals surface area contributed by atoms with E-state index in [0.717, 1.165) is 30.6 Å². The number of amides is 2. The van der Waals surface area contributed by atoms with Crippen LogP contribution in [0.25, 0.3) is 0 Å². The monoisotopic (exact) mass is 352 g/mol. The Morgan fingerprint density at radius 3 is 2.50 bits per heavy atom. The molecular formula is C21H24N2O3. The summed E-state index contributed by atoms with van der Waals surface area (Å²) in [6.07, 6.45) is 3.26. The molecule has 0 spiro atoms. The number of anilines is 1. The predicted molar refractivity (Wildman–Crippen MR) is 101 cm³/mol. The number of carbonyl (C=O) groups excluding carboxylic acids is 2. The van der Waals surface area contributed by atoms with Gasteiger partial charge in [-0.05, 0) is 74.1 Å². The van der Waals surface area contributed by atoms with Crippen molar-refractivity contribution >= 4 is 17.5 Å². The molecule has 0 aromatic heterocycles. The lowest BCUT2D eigenvalue weighted by Gasteiger charge is -2.15. The normalized spacial score (nSPS) is 13.6. The van der Waals surface area contributed by atoms with Crippen LogP contribution in [0.1, 0.15) is 43.0 Å². The van der Waals surface area contributed by atoms with Gasteiger partial charge in [-0.25, -0.2) is 0 Å². The fourth-order valence-electron chi connectivity index (χ4n) is 3.20. The van der Waals surface area contributed by atoms with Crippen molar-refractivity contribution in [3.63, 3.8) is 0 Å². The van der Waals surface area contributed by atoms with Crippen LogP contribution in [0.3, 0.4) is 0 Å². The highest BCUT2D eigenvalue weighted by Crippen LogP contribution is 2.25. The van der Waals surface area contributed by atoms with Gasteiger partial charge < -0.3 is 15.4 Å². The van der Waals surface area contributed by atoms with Crippen LogP contribution in [0.15, 0.2) is 42.5 Å². The van der Waals surface area contributed by atoms with E-state index >= 15 is 0 Å². The number of aryl methyl sites for hydroxylation is 2. The van der Waals surface area contributed by atoms with Gasteiger partial charge in [-0.15, -0.1) is 0 Å². The minimum atomic E-state index is -0.652. The van der Waals surface area contributed by atoms with E-state index in [0.29, 0.717) is 12.3 Å². The highest BCUT2D eigenvalue weighted by Gasteiger charge is 2.18. The largest absolute Gasteiger partial charge is 0.494 e. The number of rotatable bonds is 5. The second-order valence-electron chi connectivity index (χ2n) is 6.49. The lowest BCUT2D eigenvalue weighted by molar-refractivity contribution is -0.136. The van der Waals surface area contributed by atoms with Crippen molar-refractivity contribution in [2.24, 2.45) is 0 Å². The summed E-state index contributed by atoms with van der Waals surface area (Å²) in [4.78, 5) is 24.4. The second-order valence-corrected chi connectivity index (χ2v) is 6.49. The van der Waals surface area contributed by atoms with Gasteiger partial charge in [-0.1, -0.05) is 18.2 Å². The first-order valence-corrected chi connectivity index (χ1v) is 9.03. The van der Waals surface area contributed by atoms with Crippen LogP contribution in [0.5, 0.6) is 5.75 Å². The van der Waals surface area contributed by atoms with Crippen molar-refractivity contribution in [1.29, 1.82) is 0 Å². The number of hydrogen-bond acceptors (Lipinski definition) is 3. The molecule has 3 rings (SSSR count). The SMILES string of the molecule is CCOc1ccc(C(C)NC(=O)C(=O)Nc2ccc3c(c2)CCC3)cc1. The molecule has 0 bridgehead atoms. The van der Waals surface area contributed by atoms with Gasteiger partial charge in [0, 0.05) is 5.69 Å². The van der Waals surface area contributed by atoms with Crippen molar-refractivity contribution in [3.8, 4) is 5.75 Å². The summed E-state index contributed by atoms with van der Waals surface area (Å²) in [5.74, 6) is -0.517. The first-order chi connectivity index (χ1) is 12.6. The topological polar surface area (TPSA) is 67.4 Å². The van der Waals surface area contributed by atoms with Crippen molar-refractivity contribution in [3.05, 3.63) is 59.2 Å². The van der Waals surface area contributed by atoms with Crippen LogP contribution in [-0.2, 0) is 22.4 Å². The maximum Gasteiger partial charge on any atom is 0.313 e. The van der Waals surface area contributed by atoms with E-state index in [1.165, 1.54) is 11.1 Å². The Kier molecular flexibility index (Phi) is 5.56. The molecule has 1 aliphatic carbocycles. The Labute approximate surface area is 153 Å². The number of nitrogens with one attached hydrogen (secondary N) is 2. The third kappa shape index (κ3) is 4.23. The number of fused-ring (bicyclic) bond motifs is 1. The van der Waals surface area contributed by atoms with E-state index in [1.807, 2.05) is 56.3 Å². The first kappa shape index (κ1) is 18.0. The molecule has 0 radical (unpaired) electrons. The first-order valence-electron chi connectivity index (χ1n) is 9.03. The van der Waals surface area contributed by atoms with Gasteiger partial charge in [0.15, 0.2) is 0 Å². The summed E-state index contributed by atoms with van der Waals surface area (Å²) in [6.45, 7) is 4.38. The van der Waals surface area contributed by atoms with E-state index in [4.69, 9.17) is 4.74 Å². The predicted octanol–water partition coefficient (Wildman–Crippen LogP) is 3.39. The van der Waals surface area contributed by atoms with Crippen molar-refractivity contribution < 1.29 is 14.3 Å². The molecule has 5 heteroatoms.